The summed E-state index contributed by atoms with van der Waals surface area (Å²) >= 11 is 0. The van der Waals surface area contributed by atoms with Crippen LogP contribution < -0.4 is 15.6 Å². The first-order chi connectivity index (χ1) is 14.6. The van der Waals surface area contributed by atoms with Gasteiger partial charge in [-0.1, -0.05) is 12.1 Å². The van der Waals surface area contributed by atoms with E-state index in [1.165, 1.54) is 24.3 Å². The number of halogens is 1. The zero-order chi connectivity index (χ0) is 22.8. The molecule has 1 aromatic heterocycles. The zero-order valence-corrected chi connectivity index (χ0v) is 17.9. The summed E-state index contributed by atoms with van der Waals surface area (Å²) in [6.07, 6.45) is 1.42. The number of carbonyl (C=O) groups is 1. The highest BCUT2D eigenvalue weighted by Crippen LogP contribution is 2.28. The zero-order valence-electron chi connectivity index (χ0n) is 17.1. The second-order valence-electron chi connectivity index (χ2n) is 7.52. The molecular formula is C19H24FN5O5S. The molecule has 1 aliphatic rings. The number of aliphatic hydroxyl groups is 1. The van der Waals surface area contributed by atoms with E-state index in [9.17, 15) is 27.5 Å². The Morgan fingerprint density at radius 1 is 1.35 bits per heavy atom. The number of rotatable bonds is 7. The third kappa shape index (κ3) is 5.73. The summed E-state index contributed by atoms with van der Waals surface area (Å²) in [5.41, 5.74) is -0.383. The number of benzene rings is 1. The van der Waals surface area contributed by atoms with Crippen molar-refractivity contribution in [2.45, 2.75) is 31.7 Å². The van der Waals surface area contributed by atoms with Gasteiger partial charge in [-0.3, -0.25) is 14.5 Å². The molecule has 0 aliphatic carbocycles. The van der Waals surface area contributed by atoms with Gasteiger partial charge in [-0.05, 0) is 31.2 Å². The average Bonchev–Trinajstić information content (AvgIpc) is 3.04. The van der Waals surface area contributed by atoms with E-state index in [1.54, 1.807) is 7.05 Å². The maximum absolute atomic E-state index is 13.0. The van der Waals surface area contributed by atoms with E-state index in [2.05, 4.69) is 20.0 Å². The number of aromatic amines is 1. The highest BCUT2D eigenvalue weighted by atomic mass is 32.2. The van der Waals surface area contributed by atoms with Gasteiger partial charge in [0.25, 0.3) is 11.5 Å². The van der Waals surface area contributed by atoms with Gasteiger partial charge in [0.05, 0.1) is 24.5 Å². The Morgan fingerprint density at radius 3 is 2.65 bits per heavy atom. The summed E-state index contributed by atoms with van der Waals surface area (Å²) in [6.45, 7) is -0.201. The first kappa shape index (κ1) is 23.0. The Bertz CT molecular complexity index is 1120. The van der Waals surface area contributed by atoms with Crippen molar-refractivity contribution in [2.24, 2.45) is 0 Å². The van der Waals surface area contributed by atoms with Crippen molar-refractivity contribution < 1.29 is 22.7 Å². The minimum Gasteiger partial charge on any atom is -0.391 e. The molecular weight excluding hydrogens is 429 g/mol. The summed E-state index contributed by atoms with van der Waals surface area (Å²) in [4.78, 5) is 33.9. The monoisotopic (exact) mass is 453 g/mol. The van der Waals surface area contributed by atoms with Crippen LogP contribution in [0.25, 0.3) is 0 Å². The predicted octanol–water partition coefficient (Wildman–Crippen LogP) is -0.374. The second kappa shape index (κ2) is 9.22. The summed E-state index contributed by atoms with van der Waals surface area (Å²) in [7, 11) is -1.65. The van der Waals surface area contributed by atoms with Crippen molar-refractivity contribution in [3.63, 3.8) is 0 Å². The number of likely N-dealkylation sites (N-methyl/N-ethyl adjacent to an activating group) is 1. The van der Waals surface area contributed by atoms with Gasteiger partial charge in [0.15, 0.2) is 0 Å². The molecule has 1 amide bonds. The Balaban J connectivity index is 1.83. The minimum absolute atomic E-state index is 0.0808. The Labute approximate surface area is 178 Å². The standard InChI is InChI=1S/C19H24FN5O5S/c1-25-9-13(24-31(2,29)30)7-15(25)17-22-16(14(10-26)18(27)23-17)19(28)21-8-11-3-5-12(20)6-4-11/h3-6,13,15,24,26H,7-10H2,1-2H3,(H,21,28)(H,22,23,27). The second-order valence-corrected chi connectivity index (χ2v) is 9.30. The van der Waals surface area contributed by atoms with E-state index < -0.39 is 40.0 Å². The molecule has 31 heavy (non-hydrogen) atoms. The van der Waals surface area contributed by atoms with Crippen LogP contribution >= 0.6 is 0 Å². The van der Waals surface area contributed by atoms with Crippen LogP contribution in [0.3, 0.4) is 0 Å². The molecule has 0 spiro atoms. The highest BCUT2D eigenvalue weighted by Gasteiger charge is 2.34. The molecule has 3 rings (SSSR count). The van der Waals surface area contributed by atoms with Crippen LogP contribution in [0.5, 0.6) is 0 Å². The molecule has 0 saturated carbocycles. The third-order valence-electron chi connectivity index (χ3n) is 5.02. The first-order valence-electron chi connectivity index (χ1n) is 9.51. The Kier molecular flexibility index (Phi) is 6.84. The van der Waals surface area contributed by atoms with Gasteiger partial charge in [0, 0.05) is 19.1 Å². The fourth-order valence-electron chi connectivity index (χ4n) is 3.58. The number of nitrogens with one attached hydrogen (secondary N) is 3. The molecule has 2 unspecified atom stereocenters. The van der Waals surface area contributed by atoms with Gasteiger partial charge in [0.1, 0.15) is 17.3 Å². The van der Waals surface area contributed by atoms with E-state index in [0.29, 0.717) is 18.5 Å². The van der Waals surface area contributed by atoms with Crippen LogP contribution in [-0.2, 0) is 23.2 Å². The number of sulfonamides is 1. The van der Waals surface area contributed by atoms with Crippen LogP contribution in [0.4, 0.5) is 4.39 Å². The third-order valence-corrected chi connectivity index (χ3v) is 5.78. The summed E-state index contributed by atoms with van der Waals surface area (Å²) in [5, 5.41) is 12.2. The lowest BCUT2D eigenvalue weighted by atomic mass is 10.1. The SMILES string of the molecule is CN1CC(NS(C)(=O)=O)CC1c1nc(C(=O)NCc2ccc(F)cc2)c(CO)c(=O)[nH]1. The van der Waals surface area contributed by atoms with Gasteiger partial charge in [0.2, 0.25) is 10.0 Å². The largest absolute Gasteiger partial charge is 0.391 e. The maximum Gasteiger partial charge on any atom is 0.270 e. The van der Waals surface area contributed by atoms with E-state index in [1.807, 2.05) is 4.90 Å². The average molecular weight is 453 g/mol. The maximum atomic E-state index is 13.0. The number of aliphatic hydroxyl groups excluding tert-OH is 1. The molecule has 0 radical (unpaired) electrons. The molecule has 10 nitrogen and oxygen atoms in total. The van der Waals surface area contributed by atoms with Crippen LogP contribution in [-0.4, -0.2) is 60.2 Å². The fourth-order valence-corrected chi connectivity index (χ4v) is 4.36. The Hall–Kier alpha value is -2.67. The lowest BCUT2D eigenvalue weighted by Crippen LogP contribution is -2.35. The summed E-state index contributed by atoms with van der Waals surface area (Å²) in [6, 6.07) is 4.76. The molecule has 1 aliphatic heterocycles. The van der Waals surface area contributed by atoms with Crippen molar-refractivity contribution in [3.05, 3.63) is 63.1 Å². The van der Waals surface area contributed by atoms with Crippen molar-refractivity contribution in [3.8, 4) is 0 Å². The van der Waals surface area contributed by atoms with Gasteiger partial charge < -0.3 is 15.4 Å². The number of amides is 1. The lowest BCUT2D eigenvalue weighted by molar-refractivity contribution is 0.0941. The van der Waals surface area contributed by atoms with Gasteiger partial charge in [-0.2, -0.15) is 0 Å². The first-order valence-corrected chi connectivity index (χ1v) is 11.4. The highest BCUT2D eigenvalue weighted by molar-refractivity contribution is 7.88. The molecule has 2 atom stereocenters. The fraction of sp³-hybridized carbons (Fsp3) is 0.421. The van der Waals surface area contributed by atoms with Crippen LogP contribution in [0, 0.1) is 5.82 Å². The van der Waals surface area contributed by atoms with Crippen LogP contribution in [0.2, 0.25) is 0 Å². The normalized spacial score (nSPS) is 19.5. The van der Waals surface area contributed by atoms with E-state index in [-0.39, 0.29) is 29.7 Å². The number of hydrogen-bond donors (Lipinski definition) is 4. The predicted molar refractivity (Wildman–Crippen MR) is 110 cm³/mol. The number of carbonyl (C=O) groups excluding carboxylic acids is 1. The van der Waals surface area contributed by atoms with Crippen molar-refractivity contribution >= 4 is 15.9 Å². The molecule has 4 N–H and O–H groups in total. The van der Waals surface area contributed by atoms with Crippen molar-refractivity contribution in [1.82, 2.24) is 24.9 Å². The molecule has 2 heterocycles. The van der Waals surface area contributed by atoms with Crippen LogP contribution in [0.15, 0.2) is 29.1 Å². The van der Waals surface area contributed by atoms with Crippen molar-refractivity contribution in [2.75, 3.05) is 19.8 Å². The summed E-state index contributed by atoms with van der Waals surface area (Å²) in [5.74, 6) is -0.857. The molecule has 1 aromatic carbocycles. The smallest absolute Gasteiger partial charge is 0.270 e. The van der Waals surface area contributed by atoms with E-state index >= 15 is 0 Å². The van der Waals surface area contributed by atoms with Gasteiger partial charge in [-0.15, -0.1) is 0 Å². The van der Waals surface area contributed by atoms with Crippen molar-refractivity contribution in [1.29, 1.82) is 0 Å². The number of aromatic nitrogens is 2. The van der Waals surface area contributed by atoms with Crippen LogP contribution in [0.1, 0.15) is 39.9 Å². The molecule has 1 fully saturated rings. The quantitative estimate of drug-likeness (QED) is 0.447. The molecule has 12 heteroatoms. The van der Waals surface area contributed by atoms with Gasteiger partial charge >= 0.3 is 0 Å². The van der Waals surface area contributed by atoms with E-state index in [4.69, 9.17) is 0 Å². The summed E-state index contributed by atoms with van der Waals surface area (Å²) < 4.78 is 38.6. The number of nitrogens with zero attached hydrogens (tertiary/aromatic N) is 2. The molecule has 0 bridgehead atoms. The number of H-pyrrole nitrogens is 1. The molecule has 2 aromatic rings. The lowest BCUT2D eigenvalue weighted by Gasteiger charge is -2.19. The van der Waals surface area contributed by atoms with Gasteiger partial charge in [-0.25, -0.2) is 22.5 Å². The molecule has 168 valence electrons. The number of hydrogen-bond acceptors (Lipinski definition) is 7. The molecule has 1 saturated heterocycles. The van der Waals surface area contributed by atoms with E-state index in [0.717, 1.165) is 6.26 Å². The minimum atomic E-state index is -3.40. The number of likely N-dealkylation sites (tertiary alicyclic amines) is 1. The Morgan fingerprint density at radius 2 is 2.03 bits per heavy atom. The topological polar surface area (TPSA) is 144 Å².